The molecular weight excluding hydrogens is 208 g/mol. The third-order valence-corrected chi connectivity index (χ3v) is 3.66. The second-order valence-corrected chi connectivity index (χ2v) is 5.20. The molecule has 0 saturated carbocycles. The van der Waals surface area contributed by atoms with E-state index in [1.165, 1.54) is 16.7 Å². The summed E-state index contributed by atoms with van der Waals surface area (Å²) in [6, 6.07) is 6.68. The van der Waals surface area contributed by atoms with Crippen molar-refractivity contribution in [3.05, 3.63) is 34.9 Å². The van der Waals surface area contributed by atoms with Gasteiger partial charge in [0.2, 0.25) is 0 Å². The highest BCUT2D eigenvalue weighted by Gasteiger charge is 2.18. The molecule has 1 rings (SSSR count). The minimum atomic E-state index is 0.0590. The Morgan fingerprint density at radius 1 is 1.24 bits per heavy atom. The van der Waals surface area contributed by atoms with Crippen molar-refractivity contribution in [2.24, 2.45) is 17.4 Å². The number of hydrogen-bond donors (Lipinski definition) is 2. The van der Waals surface area contributed by atoms with E-state index >= 15 is 0 Å². The zero-order valence-corrected chi connectivity index (χ0v) is 11.5. The zero-order chi connectivity index (χ0) is 13.0. The quantitative estimate of drug-likeness (QED) is 0.822. The van der Waals surface area contributed by atoms with Gasteiger partial charge in [-0.25, -0.2) is 0 Å². The van der Waals surface area contributed by atoms with Gasteiger partial charge in [-0.2, -0.15) is 0 Å². The van der Waals surface area contributed by atoms with Gasteiger partial charge >= 0.3 is 0 Å². The van der Waals surface area contributed by atoms with Crippen LogP contribution < -0.4 is 11.5 Å². The maximum absolute atomic E-state index is 6.35. The average Bonchev–Trinajstić information content (AvgIpc) is 2.30. The monoisotopic (exact) mass is 234 g/mol. The van der Waals surface area contributed by atoms with E-state index < -0.39 is 0 Å². The molecule has 0 aliphatic carbocycles. The lowest BCUT2D eigenvalue weighted by atomic mass is 9.87. The topological polar surface area (TPSA) is 52.0 Å². The molecule has 2 unspecified atom stereocenters. The summed E-state index contributed by atoms with van der Waals surface area (Å²) in [4.78, 5) is 0. The lowest BCUT2D eigenvalue weighted by Crippen LogP contribution is -2.28. The van der Waals surface area contributed by atoms with Crippen LogP contribution in [-0.2, 0) is 0 Å². The van der Waals surface area contributed by atoms with Crippen molar-refractivity contribution in [2.45, 2.75) is 46.1 Å². The number of hydrogen-bond acceptors (Lipinski definition) is 2. The van der Waals surface area contributed by atoms with Gasteiger partial charge in [-0.15, -0.1) is 0 Å². The van der Waals surface area contributed by atoms with Gasteiger partial charge in [0.25, 0.3) is 0 Å². The third-order valence-electron chi connectivity index (χ3n) is 3.66. The van der Waals surface area contributed by atoms with Crippen LogP contribution in [0.5, 0.6) is 0 Å². The molecule has 4 N–H and O–H groups in total. The fourth-order valence-corrected chi connectivity index (χ4v) is 2.20. The predicted octanol–water partition coefficient (Wildman–Crippen LogP) is 3.10. The van der Waals surface area contributed by atoms with E-state index in [-0.39, 0.29) is 6.04 Å². The van der Waals surface area contributed by atoms with Crippen LogP contribution in [-0.4, -0.2) is 6.54 Å². The van der Waals surface area contributed by atoms with Gasteiger partial charge in [0, 0.05) is 6.04 Å². The SMILES string of the molecule is CCC(CN)C(N)c1cc(C(C)C)ccc1C. The first kappa shape index (κ1) is 14.2. The number of rotatable bonds is 5. The van der Waals surface area contributed by atoms with E-state index in [2.05, 4.69) is 45.9 Å². The summed E-state index contributed by atoms with van der Waals surface area (Å²) in [5, 5.41) is 0. The highest BCUT2D eigenvalue weighted by molar-refractivity contribution is 5.35. The summed E-state index contributed by atoms with van der Waals surface area (Å²) in [6.45, 7) is 9.35. The Morgan fingerprint density at radius 3 is 2.35 bits per heavy atom. The van der Waals surface area contributed by atoms with Crippen molar-refractivity contribution in [1.29, 1.82) is 0 Å². The van der Waals surface area contributed by atoms with Crippen LogP contribution in [0.4, 0.5) is 0 Å². The van der Waals surface area contributed by atoms with Crippen molar-refractivity contribution in [1.82, 2.24) is 0 Å². The fraction of sp³-hybridized carbons (Fsp3) is 0.600. The van der Waals surface area contributed by atoms with Crippen LogP contribution in [0.25, 0.3) is 0 Å². The van der Waals surface area contributed by atoms with Crippen LogP contribution in [0.1, 0.15) is 55.8 Å². The molecule has 1 aromatic carbocycles. The Morgan fingerprint density at radius 2 is 1.88 bits per heavy atom. The van der Waals surface area contributed by atoms with Gasteiger partial charge in [0.15, 0.2) is 0 Å². The number of aryl methyl sites for hydroxylation is 1. The standard InChI is InChI=1S/C15H26N2/c1-5-12(9-16)15(17)14-8-13(10(2)3)7-6-11(14)4/h6-8,10,12,15H,5,9,16-17H2,1-4H3. The molecule has 2 atom stereocenters. The van der Waals surface area contributed by atoms with Gasteiger partial charge in [-0.1, -0.05) is 45.4 Å². The Hall–Kier alpha value is -0.860. The molecule has 1 aromatic rings. The first-order valence-electron chi connectivity index (χ1n) is 6.57. The first-order chi connectivity index (χ1) is 8.01. The fourth-order valence-electron chi connectivity index (χ4n) is 2.20. The maximum atomic E-state index is 6.35. The van der Waals surface area contributed by atoms with Gasteiger partial charge in [0.05, 0.1) is 0 Å². The molecule has 96 valence electrons. The van der Waals surface area contributed by atoms with Gasteiger partial charge in [0.1, 0.15) is 0 Å². The van der Waals surface area contributed by atoms with Crippen molar-refractivity contribution >= 4 is 0 Å². The Labute approximate surface area is 105 Å². The van der Waals surface area contributed by atoms with E-state index in [0.29, 0.717) is 18.4 Å². The molecule has 2 nitrogen and oxygen atoms in total. The normalized spacial score (nSPS) is 15.0. The Kier molecular flexibility index (Phi) is 5.16. The Bertz CT molecular complexity index is 354. The van der Waals surface area contributed by atoms with Crippen LogP contribution in [0.2, 0.25) is 0 Å². The molecule has 0 fully saturated rings. The second-order valence-electron chi connectivity index (χ2n) is 5.20. The highest BCUT2D eigenvalue weighted by Crippen LogP contribution is 2.27. The largest absolute Gasteiger partial charge is 0.330 e. The maximum Gasteiger partial charge on any atom is 0.0338 e. The van der Waals surface area contributed by atoms with Gasteiger partial charge in [-0.05, 0) is 42.0 Å². The molecule has 0 saturated heterocycles. The second kappa shape index (κ2) is 6.18. The molecule has 0 aromatic heterocycles. The zero-order valence-electron chi connectivity index (χ0n) is 11.5. The molecule has 0 spiro atoms. The van der Waals surface area contributed by atoms with E-state index in [9.17, 15) is 0 Å². The molecule has 2 heteroatoms. The number of nitrogens with two attached hydrogens (primary N) is 2. The minimum Gasteiger partial charge on any atom is -0.330 e. The van der Waals surface area contributed by atoms with Crippen LogP contribution in [0.15, 0.2) is 18.2 Å². The summed E-state index contributed by atoms with van der Waals surface area (Å²) in [5.41, 5.74) is 16.0. The number of benzene rings is 1. The predicted molar refractivity (Wildman–Crippen MR) is 75.0 cm³/mol. The lowest BCUT2D eigenvalue weighted by Gasteiger charge is -2.24. The average molecular weight is 234 g/mol. The van der Waals surface area contributed by atoms with Gasteiger partial charge in [-0.3, -0.25) is 0 Å². The molecule has 0 radical (unpaired) electrons. The minimum absolute atomic E-state index is 0.0590. The highest BCUT2D eigenvalue weighted by atomic mass is 14.7. The van der Waals surface area contributed by atoms with E-state index in [1.807, 2.05) is 0 Å². The summed E-state index contributed by atoms with van der Waals surface area (Å²) in [5.74, 6) is 0.913. The molecule has 17 heavy (non-hydrogen) atoms. The summed E-state index contributed by atoms with van der Waals surface area (Å²) < 4.78 is 0. The summed E-state index contributed by atoms with van der Waals surface area (Å²) in [7, 11) is 0. The van der Waals surface area contributed by atoms with Crippen LogP contribution >= 0.6 is 0 Å². The van der Waals surface area contributed by atoms with Crippen molar-refractivity contribution in [3.8, 4) is 0 Å². The van der Waals surface area contributed by atoms with Crippen molar-refractivity contribution in [3.63, 3.8) is 0 Å². The molecular formula is C15H26N2. The lowest BCUT2D eigenvalue weighted by molar-refractivity contribution is 0.426. The van der Waals surface area contributed by atoms with E-state index in [4.69, 9.17) is 11.5 Å². The molecule has 0 aliphatic heterocycles. The third kappa shape index (κ3) is 3.30. The van der Waals surface area contributed by atoms with E-state index in [1.54, 1.807) is 0 Å². The van der Waals surface area contributed by atoms with E-state index in [0.717, 1.165) is 6.42 Å². The van der Waals surface area contributed by atoms with Gasteiger partial charge < -0.3 is 11.5 Å². The van der Waals surface area contributed by atoms with Crippen LogP contribution in [0.3, 0.4) is 0 Å². The first-order valence-corrected chi connectivity index (χ1v) is 6.57. The molecule has 0 heterocycles. The smallest absolute Gasteiger partial charge is 0.0338 e. The summed E-state index contributed by atoms with van der Waals surface area (Å²) in [6.07, 6.45) is 1.03. The molecule has 0 bridgehead atoms. The summed E-state index contributed by atoms with van der Waals surface area (Å²) >= 11 is 0. The van der Waals surface area contributed by atoms with Crippen LogP contribution in [0, 0.1) is 12.8 Å². The molecule has 0 amide bonds. The molecule has 0 aliphatic rings. The Balaban J connectivity index is 3.06. The van der Waals surface area contributed by atoms with Crippen molar-refractivity contribution < 1.29 is 0 Å². The van der Waals surface area contributed by atoms with Crippen molar-refractivity contribution in [2.75, 3.05) is 6.54 Å².